The predicted molar refractivity (Wildman–Crippen MR) is 113 cm³/mol. The van der Waals surface area contributed by atoms with Gasteiger partial charge in [0.15, 0.2) is 5.96 Å². The SMILES string of the molecule is CCNC(=NCc1ncnn1C)NCC(C)(C)c1cccc(C)c1.I. The van der Waals surface area contributed by atoms with Crippen LogP contribution in [0, 0.1) is 6.92 Å². The molecule has 0 bridgehead atoms. The monoisotopic (exact) mass is 456 g/mol. The lowest BCUT2D eigenvalue weighted by Crippen LogP contribution is -2.43. The van der Waals surface area contributed by atoms with Gasteiger partial charge in [0, 0.05) is 25.6 Å². The second-order valence-electron chi connectivity index (χ2n) is 6.60. The number of rotatable bonds is 6. The topological polar surface area (TPSA) is 67.1 Å². The van der Waals surface area contributed by atoms with Crippen LogP contribution in [0.15, 0.2) is 35.6 Å². The molecule has 0 spiro atoms. The van der Waals surface area contributed by atoms with E-state index in [1.165, 1.54) is 11.1 Å². The highest BCUT2D eigenvalue weighted by Crippen LogP contribution is 2.22. The fraction of sp³-hybridized carbons (Fsp3) is 0.500. The van der Waals surface area contributed by atoms with Crippen LogP contribution in [0.4, 0.5) is 0 Å². The van der Waals surface area contributed by atoms with E-state index in [-0.39, 0.29) is 29.4 Å². The van der Waals surface area contributed by atoms with E-state index in [2.05, 4.69) is 77.7 Å². The molecule has 0 saturated heterocycles. The number of guanidine groups is 1. The van der Waals surface area contributed by atoms with Crippen molar-refractivity contribution in [2.24, 2.45) is 12.0 Å². The number of nitrogens with zero attached hydrogens (tertiary/aromatic N) is 4. The van der Waals surface area contributed by atoms with E-state index >= 15 is 0 Å². The molecule has 2 aromatic rings. The minimum Gasteiger partial charge on any atom is -0.357 e. The quantitative estimate of drug-likeness (QED) is 0.399. The summed E-state index contributed by atoms with van der Waals surface area (Å²) in [6, 6.07) is 8.66. The zero-order chi connectivity index (χ0) is 17.6. The Bertz CT molecular complexity index is 692. The molecule has 7 heteroatoms. The standard InChI is InChI=1S/C18H28N6.HI/c1-6-19-17(20-11-16-22-13-23-24(16)5)21-12-18(3,4)15-9-7-8-14(2)10-15;/h7-10,13H,6,11-12H2,1-5H3,(H2,19,20,21);1H. The van der Waals surface area contributed by atoms with Gasteiger partial charge in [0.1, 0.15) is 18.7 Å². The smallest absolute Gasteiger partial charge is 0.191 e. The van der Waals surface area contributed by atoms with Gasteiger partial charge in [-0.1, -0.05) is 43.7 Å². The summed E-state index contributed by atoms with van der Waals surface area (Å²) in [5, 5.41) is 10.8. The third-order valence-corrected chi connectivity index (χ3v) is 4.03. The van der Waals surface area contributed by atoms with Crippen LogP contribution in [0.25, 0.3) is 0 Å². The lowest BCUT2D eigenvalue weighted by molar-refractivity contribution is 0.508. The molecule has 25 heavy (non-hydrogen) atoms. The highest BCUT2D eigenvalue weighted by molar-refractivity contribution is 14.0. The summed E-state index contributed by atoms with van der Waals surface area (Å²) in [6.07, 6.45) is 1.55. The zero-order valence-corrected chi connectivity index (χ0v) is 18.0. The fourth-order valence-corrected chi connectivity index (χ4v) is 2.43. The molecule has 2 rings (SSSR count). The van der Waals surface area contributed by atoms with E-state index in [0.29, 0.717) is 6.54 Å². The summed E-state index contributed by atoms with van der Waals surface area (Å²) >= 11 is 0. The normalized spacial score (nSPS) is 11.8. The largest absolute Gasteiger partial charge is 0.357 e. The third kappa shape index (κ3) is 6.30. The molecule has 0 radical (unpaired) electrons. The Morgan fingerprint density at radius 3 is 2.64 bits per heavy atom. The minimum atomic E-state index is 0. The van der Waals surface area contributed by atoms with E-state index < -0.39 is 0 Å². The first-order valence-corrected chi connectivity index (χ1v) is 8.34. The number of aromatic nitrogens is 3. The van der Waals surface area contributed by atoms with Crippen LogP contribution in [0.1, 0.15) is 37.7 Å². The molecule has 0 amide bonds. The van der Waals surface area contributed by atoms with Gasteiger partial charge in [0.05, 0.1) is 0 Å². The Morgan fingerprint density at radius 1 is 1.28 bits per heavy atom. The molecule has 0 aliphatic carbocycles. The van der Waals surface area contributed by atoms with Crippen LogP contribution >= 0.6 is 24.0 Å². The van der Waals surface area contributed by atoms with Crippen LogP contribution in [0.5, 0.6) is 0 Å². The highest BCUT2D eigenvalue weighted by Gasteiger charge is 2.21. The predicted octanol–water partition coefficient (Wildman–Crippen LogP) is 2.77. The molecule has 0 saturated carbocycles. The van der Waals surface area contributed by atoms with Crippen LogP contribution in [0.2, 0.25) is 0 Å². The third-order valence-electron chi connectivity index (χ3n) is 4.03. The number of aliphatic imine (C=N–C) groups is 1. The lowest BCUT2D eigenvalue weighted by atomic mass is 9.84. The van der Waals surface area contributed by atoms with E-state index in [9.17, 15) is 0 Å². The van der Waals surface area contributed by atoms with E-state index in [1.807, 2.05) is 7.05 Å². The molecule has 0 atom stereocenters. The highest BCUT2D eigenvalue weighted by atomic mass is 127. The lowest BCUT2D eigenvalue weighted by Gasteiger charge is -2.27. The van der Waals surface area contributed by atoms with Gasteiger partial charge >= 0.3 is 0 Å². The Labute approximate surface area is 167 Å². The maximum Gasteiger partial charge on any atom is 0.191 e. The molecule has 0 aliphatic heterocycles. The number of halogens is 1. The summed E-state index contributed by atoms with van der Waals surface area (Å²) in [5.74, 6) is 1.63. The fourth-order valence-electron chi connectivity index (χ4n) is 2.43. The van der Waals surface area contributed by atoms with Crippen molar-refractivity contribution in [1.82, 2.24) is 25.4 Å². The summed E-state index contributed by atoms with van der Waals surface area (Å²) < 4.78 is 1.74. The average molecular weight is 456 g/mol. The Balaban J connectivity index is 0.00000312. The van der Waals surface area contributed by atoms with Crippen LogP contribution in [-0.2, 0) is 19.0 Å². The first-order chi connectivity index (χ1) is 11.4. The van der Waals surface area contributed by atoms with Crippen molar-refractivity contribution in [2.75, 3.05) is 13.1 Å². The van der Waals surface area contributed by atoms with Gasteiger partial charge in [-0.15, -0.1) is 24.0 Å². The van der Waals surface area contributed by atoms with Crippen molar-refractivity contribution in [3.05, 3.63) is 47.5 Å². The maximum atomic E-state index is 4.60. The van der Waals surface area contributed by atoms with Crippen LogP contribution < -0.4 is 10.6 Å². The van der Waals surface area contributed by atoms with E-state index in [1.54, 1.807) is 11.0 Å². The van der Waals surface area contributed by atoms with Crippen molar-refractivity contribution in [2.45, 2.75) is 39.7 Å². The molecule has 2 N–H and O–H groups in total. The average Bonchev–Trinajstić information content (AvgIpc) is 2.95. The second-order valence-corrected chi connectivity index (χ2v) is 6.60. The van der Waals surface area contributed by atoms with Gasteiger partial charge < -0.3 is 10.6 Å². The molecule has 0 fully saturated rings. The number of hydrogen-bond donors (Lipinski definition) is 2. The maximum absolute atomic E-state index is 4.60. The molecule has 0 aliphatic rings. The number of hydrogen-bond acceptors (Lipinski definition) is 3. The number of benzene rings is 1. The Morgan fingerprint density at radius 2 is 2.04 bits per heavy atom. The molecule has 1 heterocycles. The second kappa shape index (κ2) is 9.74. The van der Waals surface area contributed by atoms with Gasteiger partial charge in [-0.2, -0.15) is 5.10 Å². The summed E-state index contributed by atoms with van der Waals surface area (Å²) in [5.41, 5.74) is 2.61. The number of aryl methyl sites for hydroxylation is 2. The van der Waals surface area contributed by atoms with Crippen LogP contribution in [0.3, 0.4) is 0 Å². The number of nitrogens with one attached hydrogen (secondary N) is 2. The Hall–Kier alpha value is -1.64. The van der Waals surface area contributed by atoms with Gasteiger partial charge in [0.25, 0.3) is 0 Å². The summed E-state index contributed by atoms with van der Waals surface area (Å²) in [7, 11) is 1.87. The molecular formula is C18H29IN6. The van der Waals surface area contributed by atoms with E-state index in [0.717, 1.165) is 24.9 Å². The van der Waals surface area contributed by atoms with Crippen molar-refractivity contribution >= 4 is 29.9 Å². The molecular weight excluding hydrogens is 427 g/mol. The van der Waals surface area contributed by atoms with Crippen LogP contribution in [-0.4, -0.2) is 33.8 Å². The summed E-state index contributed by atoms with van der Waals surface area (Å²) in [6.45, 7) is 10.8. The van der Waals surface area contributed by atoms with Gasteiger partial charge in [-0.3, -0.25) is 4.68 Å². The van der Waals surface area contributed by atoms with Crippen molar-refractivity contribution < 1.29 is 0 Å². The molecule has 138 valence electrons. The molecule has 0 unspecified atom stereocenters. The van der Waals surface area contributed by atoms with Crippen molar-refractivity contribution in [3.8, 4) is 0 Å². The summed E-state index contributed by atoms with van der Waals surface area (Å²) in [4.78, 5) is 8.81. The Kier molecular flexibility index (Phi) is 8.34. The van der Waals surface area contributed by atoms with Gasteiger partial charge in [-0.25, -0.2) is 9.98 Å². The first kappa shape index (κ1) is 21.4. The van der Waals surface area contributed by atoms with Crippen molar-refractivity contribution in [1.29, 1.82) is 0 Å². The molecule has 6 nitrogen and oxygen atoms in total. The molecule has 1 aromatic heterocycles. The molecule has 1 aromatic carbocycles. The van der Waals surface area contributed by atoms with E-state index in [4.69, 9.17) is 0 Å². The minimum absolute atomic E-state index is 0. The first-order valence-electron chi connectivity index (χ1n) is 8.34. The van der Waals surface area contributed by atoms with Crippen molar-refractivity contribution in [3.63, 3.8) is 0 Å². The van der Waals surface area contributed by atoms with Gasteiger partial charge in [0.2, 0.25) is 0 Å². The zero-order valence-electron chi connectivity index (χ0n) is 15.7. The van der Waals surface area contributed by atoms with Gasteiger partial charge in [-0.05, 0) is 19.4 Å².